The molecule has 0 aromatic rings. The van der Waals surface area contributed by atoms with Crippen LogP contribution in [0.25, 0.3) is 0 Å². The van der Waals surface area contributed by atoms with Gasteiger partial charge in [0.25, 0.3) is 0 Å². The second-order valence-electron chi connectivity index (χ2n) is 5.01. The maximum Gasteiger partial charge on any atom is 0.224 e. The van der Waals surface area contributed by atoms with Gasteiger partial charge in [-0.15, -0.1) is 0 Å². The van der Waals surface area contributed by atoms with Gasteiger partial charge in [0.1, 0.15) is 0 Å². The summed E-state index contributed by atoms with van der Waals surface area (Å²) in [6.45, 7) is 5.47. The standard InChI is InChI=1S/C11H21N3O2/c1-11(2,10(12)16)7-14-9(15)8-4-3-5-13-6-8/h8,13H,3-7H2,1-2H3,(H2,12,16)(H,14,15)/t8-/m1/s1. The Hall–Kier alpha value is -1.10. The predicted octanol–water partition coefficient (Wildman–Crippen LogP) is -0.386. The Morgan fingerprint density at radius 3 is 2.69 bits per heavy atom. The minimum atomic E-state index is -0.683. The zero-order valence-electron chi connectivity index (χ0n) is 10.0. The van der Waals surface area contributed by atoms with E-state index in [1.807, 2.05) is 0 Å². The number of carbonyl (C=O) groups is 2. The predicted molar refractivity (Wildman–Crippen MR) is 61.6 cm³/mol. The molecule has 1 aliphatic heterocycles. The molecule has 0 aliphatic carbocycles. The highest BCUT2D eigenvalue weighted by atomic mass is 16.2. The molecule has 0 spiro atoms. The third-order valence-electron chi connectivity index (χ3n) is 3.04. The van der Waals surface area contributed by atoms with Crippen LogP contribution in [0.3, 0.4) is 0 Å². The van der Waals surface area contributed by atoms with Crippen molar-refractivity contribution in [1.82, 2.24) is 10.6 Å². The molecule has 0 aromatic carbocycles. The van der Waals surface area contributed by atoms with Gasteiger partial charge in [0.05, 0.1) is 11.3 Å². The van der Waals surface area contributed by atoms with E-state index in [9.17, 15) is 9.59 Å². The van der Waals surface area contributed by atoms with Crippen LogP contribution in [0.15, 0.2) is 0 Å². The quantitative estimate of drug-likeness (QED) is 0.612. The summed E-state index contributed by atoms with van der Waals surface area (Å²) in [6, 6.07) is 0. The van der Waals surface area contributed by atoms with E-state index in [-0.39, 0.29) is 11.8 Å². The highest BCUT2D eigenvalue weighted by molar-refractivity contribution is 5.83. The Morgan fingerprint density at radius 2 is 2.19 bits per heavy atom. The van der Waals surface area contributed by atoms with E-state index in [1.165, 1.54) is 0 Å². The number of hydrogen-bond acceptors (Lipinski definition) is 3. The molecule has 4 N–H and O–H groups in total. The van der Waals surface area contributed by atoms with Crippen molar-refractivity contribution >= 4 is 11.8 Å². The molecule has 0 saturated carbocycles. The fourth-order valence-corrected chi connectivity index (χ4v) is 1.62. The van der Waals surface area contributed by atoms with Crippen LogP contribution in [0.1, 0.15) is 26.7 Å². The maximum atomic E-state index is 11.8. The van der Waals surface area contributed by atoms with Crippen LogP contribution in [0.4, 0.5) is 0 Å². The molecule has 92 valence electrons. The van der Waals surface area contributed by atoms with Crippen LogP contribution in [0.5, 0.6) is 0 Å². The second-order valence-corrected chi connectivity index (χ2v) is 5.01. The van der Waals surface area contributed by atoms with Gasteiger partial charge in [-0.3, -0.25) is 9.59 Å². The molecule has 1 rings (SSSR count). The van der Waals surface area contributed by atoms with E-state index in [2.05, 4.69) is 10.6 Å². The normalized spacial score (nSPS) is 21.5. The molecule has 1 aliphatic rings. The average molecular weight is 227 g/mol. The van der Waals surface area contributed by atoms with E-state index in [0.29, 0.717) is 6.54 Å². The fourth-order valence-electron chi connectivity index (χ4n) is 1.62. The van der Waals surface area contributed by atoms with Gasteiger partial charge in [-0.2, -0.15) is 0 Å². The van der Waals surface area contributed by atoms with Crippen LogP contribution >= 0.6 is 0 Å². The Morgan fingerprint density at radius 1 is 1.50 bits per heavy atom. The molecule has 1 fully saturated rings. The van der Waals surface area contributed by atoms with Crippen molar-refractivity contribution < 1.29 is 9.59 Å². The Labute approximate surface area is 96.1 Å². The minimum Gasteiger partial charge on any atom is -0.369 e. The number of rotatable bonds is 4. The van der Waals surface area contributed by atoms with Gasteiger partial charge in [0.15, 0.2) is 0 Å². The molecular formula is C11H21N3O2. The van der Waals surface area contributed by atoms with E-state index < -0.39 is 11.3 Å². The smallest absolute Gasteiger partial charge is 0.224 e. The topological polar surface area (TPSA) is 84.2 Å². The maximum absolute atomic E-state index is 11.8. The van der Waals surface area contributed by atoms with E-state index in [1.54, 1.807) is 13.8 Å². The zero-order chi connectivity index (χ0) is 12.2. The molecule has 0 radical (unpaired) electrons. The summed E-state index contributed by atoms with van der Waals surface area (Å²) in [5, 5.41) is 5.98. The summed E-state index contributed by atoms with van der Waals surface area (Å²) in [6.07, 6.45) is 1.94. The lowest BCUT2D eigenvalue weighted by atomic mass is 9.92. The van der Waals surface area contributed by atoms with E-state index in [4.69, 9.17) is 5.73 Å². The third kappa shape index (κ3) is 3.48. The zero-order valence-corrected chi connectivity index (χ0v) is 10.0. The molecule has 5 heteroatoms. The van der Waals surface area contributed by atoms with Crippen molar-refractivity contribution in [2.24, 2.45) is 17.1 Å². The van der Waals surface area contributed by atoms with Crippen molar-refractivity contribution in [2.75, 3.05) is 19.6 Å². The minimum absolute atomic E-state index is 0.0153. The first-order valence-electron chi connectivity index (χ1n) is 5.72. The number of carbonyl (C=O) groups excluding carboxylic acids is 2. The lowest BCUT2D eigenvalue weighted by Crippen LogP contribution is -2.46. The van der Waals surface area contributed by atoms with Crippen LogP contribution in [-0.4, -0.2) is 31.4 Å². The molecule has 0 unspecified atom stereocenters. The Bertz CT molecular complexity index is 270. The molecule has 1 heterocycles. The molecule has 16 heavy (non-hydrogen) atoms. The Balaban J connectivity index is 2.37. The number of nitrogens with two attached hydrogens (primary N) is 1. The summed E-state index contributed by atoms with van der Waals surface area (Å²) < 4.78 is 0. The number of amides is 2. The van der Waals surface area contributed by atoms with Gasteiger partial charge in [-0.25, -0.2) is 0 Å². The van der Waals surface area contributed by atoms with Crippen LogP contribution in [0.2, 0.25) is 0 Å². The first-order valence-corrected chi connectivity index (χ1v) is 5.72. The molecule has 1 saturated heterocycles. The fraction of sp³-hybridized carbons (Fsp3) is 0.818. The summed E-state index contributed by atoms with van der Waals surface area (Å²) in [5.41, 5.74) is 4.55. The van der Waals surface area contributed by atoms with Crippen LogP contribution in [-0.2, 0) is 9.59 Å². The Kier molecular flexibility index (Phi) is 4.29. The van der Waals surface area contributed by atoms with Crippen molar-refractivity contribution in [2.45, 2.75) is 26.7 Å². The summed E-state index contributed by atoms with van der Waals surface area (Å²) >= 11 is 0. The number of primary amides is 1. The summed E-state index contributed by atoms with van der Waals surface area (Å²) in [5.74, 6) is -0.353. The highest BCUT2D eigenvalue weighted by Gasteiger charge is 2.27. The van der Waals surface area contributed by atoms with Crippen molar-refractivity contribution in [1.29, 1.82) is 0 Å². The highest BCUT2D eigenvalue weighted by Crippen LogP contribution is 2.14. The van der Waals surface area contributed by atoms with Gasteiger partial charge < -0.3 is 16.4 Å². The van der Waals surface area contributed by atoms with Gasteiger partial charge in [-0.1, -0.05) is 0 Å². The molecule has 1 atom stereocenters. The largest absolute Gasteiger partial charge is 0.369 e. The number of hydrogen-bond donors (Lipinski definition) is 3. The average Bonchev–Trinajstić information content (AvgIpc) is 2.27. The lowest BCUT2D eigenvalue weighted by Gasteiger charge is -2.25. The van der Waals surface area contributed by atoms with Gasteiger partial charge >= 0.3 is 0 Å². The molecule has 0 aromatic heterocycles. The summed E-state index contributed by atoms with van der Waals surface area (Å²) in [7, 11) is 0. The van der Waals surface area contributed by atoms with Gasteiger partial charge in [0.2, 0.25) is 11.8 Å². The molecular weight excluding hydrogens is 206 g/mol. The van der Waals surface area contributed by atoms with Crippen molar-refractivity contribution in [3.8, 4) is 0 Å². The molecule has 5 nitrogen and oxygen atoms in total. The van der Waals surface area contributed by atoms with Gasteiger partial charge in [-0.05, 0) is 33.2 Å². The second kappa shape index (κ2) is 5.30. The molecule has 2 amide bonds. The summed E-state index contributed by atoms with van der Waals surface area (Å²) in [4.78, 5) is 22.8. The monoisotopic (exact) mass is 227 g/mol. The number of piperidine rings is 1. The van der Waals surface area contributed by atoms with E-state index >= 15 is 0 Å². The van der Waals surface area contributed by atoms with Crippen LogP contribution < -0.4 is 16.4 Å². The third-order valence-corrected chi connectivity index (χ3v) is 3.04. The van der Waals surface area contributed by atoms with Crippen molar-refractivity contribution in [3.05, 3.63) is 0 Å². The lowest BCUT2D eigenvalue weighted by molar-refractivity contribution is -0.128. The van der Waals surface area contributed by atoms with Gasteiger partial charge in [0, 0.05) is 13.1 Å². The van der Waals surface area contributed by atoms with Crippen molar-refractivity contribution in [3.63, 3.8) is 0 Å². The van der Waals surface area contributed by atoms with E-state index in [0.717, 1.165) is 25.9 Å². The SMILES string of the molecule is CC(C)(CNC(=O)[C@@H]1CCCNC1)C(N)=O. The molecule has 0 bridgehead atoms. The first kappa shape index (κ1) is 13.0. The first-order chi connectivity index (χ1) is 7.43. The number of nitrogens with one attached hydrogen (secondary N) is 2. The van der Waals surface area contributed by atoms with Crippen LogP contribution in [0, 0.1) is 11.3 Å².